The van der Waals surface area contributed by atoms with Crippen molar-refractivity contribution in [1.82, 2.24) is 0 Å². The molecule has 0 atom stereocenters. The lowest BCUT2D eigenvalue weighted by Crippen LogP contribution is -2.27. The molecule has 0 aliphatic heterocycles. The maximum absolute atomic E-state index is 12.2. The zero-order valence-electron chi connectivity index (χ0n) is 15.6. The first-order chi connectivity index (χ1) is 12.8. The van der Waals surface area contributed by atoms with Crippen LogP contribution in [0.2, 0.25) is 0 Å². The Morgan fingerprint density at radius 2 is 1.52 bits per heavy atom. The SMILES string of the molecule is CCOc1ccc(NC(=O)CS(=O)(=O)Nc2ccc(OC(C)C)cc2)cc1. The van der Waals surface area contributed by atoms with Crippen LogP contribution in [0.3, 0.4) is 0 Å². The number of carbonyl (C=O) groups is 1. The zero-order chi connectivity index (χ0) is 19.9. The number of hydrogen-bond donors (Lipinski definition) is 2. The van der Waals surface area contributed by atoms with Gasteiger partial charge in [0.25, 0.3) is 0 Å². The van der Waals surface area contributed by atoms with Gasteiger partial charge in [-0.15, -0.1) is 0 Å². The molecular weight excluding hydrogens is 368 g/mol. The van der Waals surface area contributed by atoms with E-state index in [-0.39, 0.29) is 6.10 Å². The number of hydrogen-bond acceptors (Lipinski definition) is 5. The van der Waals surface area contributed by atoms with Crippen molar-refractivity contribution in [3.8, 4) is 11.5 Å². The third-order valence-electron chi connectivity index (χ3n) is 3.27. The lowest BCUT2D eigenvalue weighted by molar-refractivity contribution is -0.113. The van der Waals surface area contributed by atoms with Gasteiger partial charge in [-0.2, -0.15) is 0 Å². The van der Waals surface area contributed by atoms with Crippen molar-refractivity contribution in [3.63, 3.8) is 0 Å². The van der Waals surface area contributed by atoms with Crippen LogP contribution in [-0.4, -0.2) is 32.8 Å². The van der Waals surface area contributed by atoms with E-state index in [1.54, 1.807) is 48.5 Å². The van der Waals surface area contributed by atoms with E-state index in [9.17, 15) is 13.2 Å². The van der Waals surface area contributed by atoms with E-state index < -0.39 is 21.7 Å². The Morgan fingerprint density at radius 3 is 2.07 bits per heavy atom. The molecule has 27 heavy (non-hydrogen) atoms. The van der Waals surface area contributed by atoms with Crippen LogP contribution in [0.4, 0.5) is 11.4 Å². The molecule has 2 N–H and O–H groups in total. The Balaban J connectivity index is 1.91. The minimum Gasteiger partial charge on any atom is -0.494 e. The lowest BCUT2D eigenvalue weighted by atomic mass is 10.3. The Hall–Kier alpha value is -2.74. The second kappa shape index (κ2) is 9.27. The topological polar surface area (TPSA) is 93.7 Å². The number of amides is 1. The number of anilines is 2. The fraction of sp³-hybridized carbons (Fsp3) is 0.316. The number of nitrogens with one attached hydrogen (secondary N) is 2. The van der Waals surface area contributed by atoms with Crippen LogP contribution in [0.1, 0.15) is 20.8 Å². The quantitative estimate of drug-likeness (QED) is 0.683. The highest BCUT2D eigenvalue weighted by Gasteiger charge is 2.17. The van der Waals surface area contributed by atoms with Crippen molar-refractivity contribution >= 4 is 27.3 Å². The summed E-state index contributed by atoms with van der Waals surface area (Å²) in [6.45, 7) is 6.22. The molecule has 0 unspecified atom stereocenters. The van der Waals surface area contributed by atoms with Crippen LogP contribution in [0.15, 0.2) is 48.5 Å². The number of benzene rings is 2. The van der Waals surface area contributed by atoms with E-state index in [0.29, 0.717) is 29.5 Å². The zero-order valence-corrected chi connectivity index (χ0v) is 16.4. The number of ether oxygens (including phenoxy) is 2. The summed E-state index contributed by atoms with van der Waals surface area (Å²) < 4.78 is 37.6. The van der Waals surface area contributed by atoms with Gasteiger partial charge >= 0.3 is 0 Å². The first-order valence-corrected chi connectivity index (χ1v) is 10.2. The molecule has 0 spiro atoms. The third-order valence-corrected chi connectivity index (χ3v) is 4.46. The summed E-state index contributed by atoms with van der Waals surface area (Å²) in [5.41, 5.74) is 0.855. The van der Waals surface area contributed by atoms with Crippen LogP contribution in [0, 0.1) is 0 Å². The van der Waals surface area contributed by atoms with Crippen molar-refractivity contribution in [2.24, 2.45) is 0 Å². The maximum Gasteiger partial charge on any atom is 0.241 e. The van der Waals surface area contributed by atoms with E-state index in [0.717, 1.165) is 0 Å². The van der Waals surface area contributed by atoms with Gasteiger partial charge in [0.15, 0.2) is 0 Å². The van der Waals surface area contributed by atoms with Gasteiger partial charge in [-0.25, -0.2) is 8.42 Å². The number of rotatable bonds is 9. The minimum atomic E-state index is -3.83. The van der Waals surface area contributed by atoms with Crippen LogP contribution < -0.4 is 19.5 Å². The fourth-order valence-electron chi connectivity index (χ4n) is 2.26. The van der Waals surface area contributed by atoms with E-state index in [4.69, 9.17) is 9.47 Å². The molecule has 8 heteroatoms. The molecule has 146 valence electrons. The molecule has 0 bridgehead atoms. The molecular formula is C19H24N2O5S. The predicted octanol–water partition coefficient (Wildman–Crippen LogP) is 3.25. The molecule has 0 aliphatic carbocycles. The summed E-state index contributed by atoms with van der Waals surface area (Å²) in [7, 11) is -3.83. The average Bonchev–Trinajstić information content (AvgIpc) is 2.57. The van der Waals surface area contributed by atoms with Gasteiger partial charge < -0.3 is 14.8 Å². The molecule has 0 fully saturated rings. The van der Waals surface area contributed by atoms with Crippen LogP contribution in [0.25, 0.3) is 0 Å². The highest BCUT2D eigenvalue weighted by atomic mass is 32.2. The van der Waals surface area contributed by atoms with Gasteiger partial charge in [0.2, 0.25) is 15.9 Å². The second-order valence-corrected chi connectivity index (χ2v) is 7.78. The average molecular weight is 392 g/mol. The van der Waals surface area contributed by atoms with Gasteiger partial charge in [-0.3, -0.25) is 9.52 Å². The molecule has 0 aromatic heterocycles. The van der Waals surface area contributed by atoms with E-state index in [1.165, 1.54) is 0 Å². The van der Waals surface area contributed by atoms with Crippen LogP contribution >= 0.6 is 0 Å². The van der Waals surface area contributed by atoms with Crippen molar-refractivity contribution < 1.29 is 22.7 Å². The van der Waals surface area contributed by atoms with E-state index in [1.807, 2.05) is 20.8 Å². The summed E-state index contributed by atoms with van der Waals surface area (Å²) in [6, 6.07) is 13.2. The molecule has 0 heterocycles. The number of carbonyl (C=O) groups excluding carboxylic acids is 1. The van der Waals surface area contributed by atoms with Crippen molar-refractivity contribution in [1.29, 1.82) is 0 Å². The molecule has 2 rings (SSSR count). The summed E-state index contributed by atoms with van der Waals surface area (Å²) in [5.74, 6) is -0.00735. The van der Waals surface area contributed by atoms with Gasteiger partial charge in [-0.1, -0.05) is 0 Å². The minimum absolute atomic E-state index is 0.0267. The Bertz CT molecular complexity index is 847. The second-order valence-electron chi connectivity index (χ2n) is 6.06. The summed E-state index contributed by atoms with van der Waals surface area (Å²) in [6.07, 6.45) is 0.0267. The number of sulfonamides is 1. The van der Waals surface area contributed by atoms with Gasteiger partial charge in [0.1, 0.15) is 17.3 Å². The Labute approximate surface area is 159 Å². The van der Waals surface area contributed by atoms with Crippen LogP contribution in [0.5, 0.6) is 11.5 Å². The lowest BCUT2D eigenvalue weighted by Gasteiger charge is -2.12. The smallest absolute Gasteiger partial charge is 0.241 e. The van der Waals surface area contributed by atoms with E-state index in [2.05, 4.69) is 10.0 Å². The molecule has 0 radical (unpaired) electrons. The molecule has 2 aromatic rings. The van der Waals surface area contributed by atoms with E-state index >= 15 is 0 Å². The monoisotopic (exact) mass is 392 g/mol. The molecule has 1 amide bonds. The van der Waals surface area contributed by atoms with Crippen LogP contribution in [-0.2, 0) is 14.8 Å². The highest BCUT2D eigenvalue weighted by Crippen LogP contribution is 2.18. The van der Waals surface area contributed by atoms with Crippen molar-refractivity contribution in [2.75, 3.05) is 22.4 Å². The van der Waals surface area contributed by atoms with Gasteiger partial charge in [0.05, 0.1) is 12.7 Å². The standard InChI is InChI=1S/C19H24N2O5S/c1-4-25-17-9-5-15(6-10-17)20-19(22)13-27(23,24)21-16-7-11-18(12-8-16)26-14(2)3/h5-12,14,21H,4,13H2,1-3H3,(H,20,22). The summed E-state index contributed by atoms with van der Waals surface area (Å²) >= 11 is 0. The molecule has 2 aromatic carbocycles. The molecule has 0 aliphatic rings. The Kier molecular flexibility index (Phi) is 7.06. The molecule has 7 nitrogen and oxygen atoms in total. The normalized spacial score (nSPS) is 11.1. The summed E-state index contributed by atoms with van der Waals surface area (Å²) in [4.78, 5) is 12.0. The van der Waals surface area contributed by atoms with Gasteiger partial charge in [0, 0.05) is 11.4 Å². The molecule has 0 saturated heterocycles. The third kappa shape index (κ3) is 7.18. The predicted molar refractivity (Wildman–Crippen MR) is 106 cm³/mol. The maximum atomic E-state index is 12.2. The highest BCUT2D eigenvalue weighted by molar-refractivity contribution is 7.93. The fourth-order valence-corrected chi connectivity index (χ4v) is 3.24. The van der Waals surface area contributed by atoms with Gasteiger partial charge in [-0.05, 0) is 69.3 Å². The largest absolute Gasteiger partial charge is 0.494 e. The first-order valence-electron chi connectivity index (χ1n) is 8.57. The summed E-state index contributed by atoms with van der Waals surface area (Å²) in [5, 5.41) is 2.55. The first kappa shape index (κ1) is 20.6. The molecule has 0 saturated carbocycles. The Morgan fingerprint density at radius 1 is 0.963 bits per heavy atom. The van der Waals surface area contributed by atoms with Crippen molar-refractivity contribution in [3.05, 3.63) is 48.5 Å². The van der Waals surface area contributed by atoms with Crippen molar-refractivity contribution in [2.45, 2.75) is 26.9 Å².